The van der Waals surface area contributed by atoms with Gasteiger partial charge in [0, 0.05) is 30.4 Å². The van der Waals surface area contributed by atoms with E-state index in [0.717, 1.165) is 48.3 Å². The lowest BCUT2D eigenvalue weighted by atomic mass is 9.87. The summed E-state index contributed by atoms with van der Waals surface area (Å²) < 4.78 is 0. The molecule has 2 aliphatic heterocycles. The molecule has 4 atom stereocenters. The zero-order chi connectivity index (χ0) is 26.1. The number of aromatic hydroxyl groups is 1. The van der Waals surface area contributed by atoms with E-state index in [1.165, 1.54) is 22.3 Å². The molecular weight excluding hydrogens is 458 g/mol. The van der Waals surface area contributed by atoms with Crippen molar-refractivity contribution in [3.63, 3.8) is 0 Å². The minimum atomic E-state index is -0.315. The summed E-state index contributed by atoms with van der Waals surface area (Å²) in [7, 11) is 0. The van der Waals surface area contributed by atoms with Crippen LogP contribution in [0.2, 0.25) is 0 Å². The van der Waals surface area contributed by atoms with Crippen LogP contribution in [0.5, 0.6) is 5.75 Å². The fourth-order valence-corrected chi connectivity index (χ4v) is 6.35. The molecule has 4 unspecified atom stereocenters. The molecule has 0 saturated carbocycles. The van der Waals surface area contributed by atoms with Crippen LogP contribution < -0.4 is 16.0 Å². The topological polar surface area (TPSA) is 73.4 Å². The van der Waals surface area contributed by atoms with Gasteiger partial charge < -0.3 is 21.1 Å². The summed E-state index contributed by atoms with van der Waals surface area (Å²) >= 11 is 0. The van der Waals surface area contributed by atoms with Gasteiger partial charge in [0.05, 0.1) is 6.04 Å². The third-order valence-electron chi connectivity index (χ3n) is 8.30. The highest BCUT2D eigenvalue weighted by Gasteiger charge is 2.32. The maximum atomic E-state index is 13.3. The van der Waals surface area contributed by atoms with Crippen molar-refractivity contribution in [1.82, 2.24) is 5.32 Å². The molecular formula is C32H39N3O2. The third-order valence-corrected chi connectivity index (χ3v) is 8.30. The standard InChI is InChI=1S/C30H33N3O2.C2H6/c1-17-11-22(34)15-28-24(17)16-29(32-28)30(35)33-27-9-10-31-26-8-7-19(13-25(26)27)12-21-14-20-5-3-4-6-23(20)18(21)2;1-2/h3-8,11,13,15,18,21,27,29,31-32,34H,9-10,12,14,16H2,1-2H3,(H,33,35);1-2H3. The Hall–Kier alpha value is -3.47. The second-order valence-corrected chi connectivity index (χ2v) is 10.5. The van der Waals surface area contributed by atoms with Crippen molar-refractivity contribution < 1.29 is 9.90 Å². The average molecular weight is 498 g/mol. The van der Waals surface area contributed by atoms with E-state index >= 15 is 0 Å². The molecule has 0 spiro atoms. The monoisotopic (exact) mass is 497 g/mol. The molecule has 5 heteroatoms. The first kappa shape index (κ1) is 25.2. The van der Waals surface area contributed by atoms with E-state index in [9.17, 15) is 9.90 Å². The Morgan fingerprint density at radius 3 is 2.65 bits per heavy atom. The molecule has 5 nitrogen and oxygen atoms in total. The summed E-state index contributed by atoms with van der Waals surface area (Å²) in [4.78, 5) is 13.3. The Morgan fingerprint density at radius 1 is 1.03 bits per heavy atom. The SMILES string of the molecule is CC.Cc1cc(O)cc2c1CC(C(=O)NC1CCNc3ccc(CC4Cc5ccccc5C4C)cc31)N2. The van der Waals surface area contributed by atoms with Crippen molar-refractivity contribution in [2.75, 3.05) is 17.2 Å². The van der Waals surface area contributed by atoms with Gasteiger partial charge in [0.1, 0.15) is 11.8 Å². The quantitative estimate of drug-likeness (QED) is 0.344. The second kappa shape index (κ2) is 10.5. The normalized spacial score (nSPS) is 22.9. The number of nitrogens with one attached hydrogen (secondary N) is 3. The van der Waals surface area contributed by atoms with Crippen LogP contribution in [0.1, 0.15) is 72.5 Å². The number of anilines is 2. The van der Waals surface area contributed by atoms with Crippen molar-refractivity contribution in [2.45, 2.75) is 71.4 Å². The molecule has 2 heterocycles. The van der Waals surface area contributed by atoms with Gasteiger partial charge in [-0.2, -0.15) is 0 Å². The molecule has 4 N–H and O–H groups in total. The summed E-state index contributed by atoms with van der Waals surface area (Å²) in [6.45, 7) is 9.18. The van der Waals surface area contributed by atoms with E-state index in [0.29, 0.717) is 18.3 Å². The summed E-state index contributed by atoms with van der Waals surface area (Å²) in [6.07, 6.45) is 3.69. The maximum Gasteiger partial charge on any atom is 0.243 e. The van der Waals surface area contributed by atoms with Crippen molar-refractivity contribution in [3.05, 3.63) is 88.0 Å². The van der Waals surface area contributed by atoms with E-state index in [2.05, 4.69) is 65.3 Å². The van der Waals surface area contributed by atoms with Crippen molar-refractivity contribution in [1.29, 1.82) is 0 Å². The van der Waals surface area contributed by atoms with Gasteiger partial charge in [0.25, 0.3) is 0 Å². The number of fused-ring (bicyclic) bond motifs is 3. The number of carbonyl (C=O) groups is 1. The molecule has 0 fully saturated rings. The van der Waals surface area contributed by atoms with Gasteiger partial charge in [-0.15, -0.1) is 0 Å². The highest BCUT2D eigenvalue weighted by Crippen LogP contribution is 2.40. The Kier molecular flexibility index (Phi) is 7.14. The zero-order valence-corrected chi connectivity index (χ0v) is 22.4. The molecule has 37 heavy (non-hydrogen) atoms. The van der Waals surface area contributed by atoms with Gasteiger partial charge in [0.15, 0.2) is 0 Å². The van der Waals surface area contributed by atoms with Crippen LogP contribution in [0.25, 0.3) is 0 Å². The predicted molar refractivity (Wildman–Crippen MR) is 151 cm³/mol. The molecule has 1 aliphatic carbocycles. The van der Waals surface area contributed by atoms with E-state index in [4.69, 9.17) is 0 Å². The number of aryl methyl sites for hydroxylation is 1. The number of hydrogen-bond acceptors (Lipinski definition) is 4. The maximum absolute atomic E-state index is 13.3. The van der Waals surface area contributed by atoms with Crippen LogP contribution >= 0.6 is 0 Å². The van der Waals surface area contributed by atoms with Gasteiger partial charge in [-0.3, -0.25) is 4.79 Å². The summed E-state index contributed by atoms with van der Waals surface area (Å²) in [5.74, 6) is 1.42. The van der Waals surface area contributed by atoms with Gasteiger partial charge in [-0.25, -0.2) is 0 Å². The van der Waals surface area contributed by atoms with Crippen molar-refractivity contribution in [3.8, 4) is 5.75 Å². The molecule has 3 aromatic carbocycles. The largest absolute Gasteiger partial charge is 0.508 e. The Morgan fingerprint density at radius 2 is 1.84 bits per heavy atom. The zero-order valence-electron chi connectivity index (χ0n) is 22.4. The Balaban J connectivity index is 0.00000137. The lowest BCUT2D eigenvalue weighted by molar-refractivity contribution is -0.122. The third kappa shape index (κ3) is 4.92. The van der Waals surface area contributed by atoms with Crippen LogP contribution in [-0.4, -0.2) is 23.6 Å². The molecule has 0 bridgehead atoms. The van der Waals surface area contributed by atoms with E-state index in [-0.39, 0.29) is 23.7 Å². The molecule has 0 saturated heterocycles. The highest BCUT2D eigenvalue weighted by molar-refractivity contribution is 5.88. The molecule has 3 aromatic rings. The lowest BCUT2D eigenvalue weighted by Crippen LogP contribution is -2.42. The first-order chi connectivity index (χ1) is 18.0. The Labute approximate surface area is 220 Å². The number of hydrogen-bond donors (Lipinski definition) is 4. The number of carbonyl (C=O) groups excluding carboxylic acids is 1. The minimum absolute atomic E-state index is 0.00286. The number of amides is 1. The fourth-order valence-electron chi connectivity index (χ4n) is 6.35. The number of phenols is 1. The first-order valence-corrected chi connectivity index (χ1v) is 13.8. The Bertz CT molecular complexity index is 1300. The van der Waals surface area contributed by atoms with Crippen molar-refractivity contribution >= 4 is 17.3 Å². The van der Waals surface area contributed by atoms with Gasteiger partial charge >= 0.3 is 0 Å². The molecule has 1 amide bonds. The van der Waals surface area contributed by atoms with E-state index in [1.54, 1.807) is 12.1 Å². The van der Waals surface area contributed by atoms with Gasteiger partial charge in [0.2, 0.25) is 5.91 Å². The number of benzene rings is 3. The van der Waals surface area contributed by atoms with Crippen LogP contribution in [0.4, 0.5) is 11.4 Å². The van der Waals surface area contributed by atoms with Crippen LogP contribution in [0, 0.1) is 12.8 Å². The van der Waals surface area contributed by atoms with Crippen LogP contribution in [0.3, 0.4) is 0 Å². The smallest absolute Gasteiger partial charge is 0.243 e. The van der Waals surface area contributed by atoms with Crippen LogP contribution in [-0.2, 0) is 24.1 Å². The second-order valence-electron chi connectivity index (χ2n) is 10.5. The molecule has 194 valence electrons. The average Bonchev–Trinajstić information content (AvgIpc) is 3.47. The minimum Gasteiger partial charge on any atom is -0.508 e. The van der Waals surface area contributed by atoms with Gasteiger partial charge in [-0.1, -0.05) is 57.2 Å². The molecule has 0 radical (unpaired) electrons. The van der Waals surface area contributed by atoms with E-state index in [1.807, 2.05) is 20.8 Å². The molecule has 6 rings (SSSR count). The summed E-state index contributed by atoms with van der Waals surface area (Å²) in [6, 6.07) is 18.7. The fraction of sp³-hybridized carbons (Fsp3) is 0.406. The van der Waals surface area contributed by atoms with Crippen molar-refractivity contribution in [2.24, 2.45) is 5.92 Å². The lowest BCUT2D eigenvalue weighted by Gasteiger charge is -2.29. The number of phenolic OH excluding ortho intramolecular Hbond substituents is 1. The summed E-state index contributed by atoms with van der Waals surface area (Å²) in [5.41, 5.74) is 9.63. The van der Waals surface area contributed by atoms with Crippen LogP contribution in [0.15, 0.2) is 54.6 Å². The van der Waals surface area contributed by atoms with E-state index < -0.39 is 0 Å². The number of rotatable bonds is 4. The molecule has 0 aromatic heterocycles. The highest BCUT2D eigenvalue weighted by atomic mass is 16.3. The predicted octanol–water partition coefficient (Wildman–Crippen LogP) is 6.26. The first-order valence-electron chi connectivity index (χ1n) is 13.8. The van der Waals surface area contributed by atoms with Gasteiger partial charge in [-0.05, 0) is 83.5 Å². The molecule has 3 aliphatic rings. The summed E-state index contributed by atoms with van der Waals surface area (Å²) in [5, 5.41) is 20.1.